The first-order chi connectivity index (χ1) is 11.0. The fourth-order valence-corrected chi connectivity index (χ4v) is 2.99. The summed E-state index contributed by atoms with van der Waals surface area (Å²) in [5.41, 5.74) is 0. The maximum atomic E-state index is 12.4. The second-order valence-corrected chi connectivity index (χ2v) is 6.53. The Morgan fingerprint density at radius 3 is 2.78 bits per heavy atom. The normalized spacial score (nSPS) is 18.0. The quantitative estimate of drug-likeness (QED) is 0.779. The van der Waals surface area contributed by atoms with Gasteiger partial charge in [0.25, 0.3) is 0 Å². The number of rotatable bonds is 6. The maximum Gasteiger partial charge on any atom is 0.223 e. The minimum atomic E-state index is 0.163. The molecule has 23 heavy (non-hydrogen) atoms. The van der Waals surface area contributed by atoms with Gasteiger partial charge < -0.3 is 14.4 Å². The number of carbonyl (C=O) groups is 2. The highest BCUT2D eigenvalue weighted by Crippen LogP contribution is 2.22. The summed E-state index contributed by atoms with van der Waals surface area (Å²) in [5.74, 6) is 1.61. The number of carbonyl (C=O) groups excluding carboxylic acids is 2. The molecule has 1 fully saturated rings. The molecule has 0 spiro atoms. The molecule has 2 rings (SSSR count). The van der Waals surface area contributed by atoms with E-state index in [0.29, 0.717) is 25.2 Å². The fraction of sp³-hybridized carbons (Fsp3) is 0.750. The first kappa shape index (κ1) is 17.4. The van der Waals surface area contributed by atoms with E-state index in [1.807, 2.05) is 16.5 Å². The van der Waals surface area contributed by atoms with Crippen molar-refractivity contribution in [3.8, 4) is 0 Å². The summed E-state index contributed by atoms with van der Waals surface area (Å²) < 4.78 is 1.85. The zero-order valence-electron chi connectivity index (χ0n) is 14.4. The van der Waals surface area contributed by atoms with Crippen LogP contribution in [0.15, 0.2) is 6.33 Å². The number of hydrogen-bond acceptors (Lipinski definition) is 4. The first-order valence-electron chi connectivity index (χ1n) is 8.28. The Kier molecular flexibility index (Phi) is 6.12. The van der Waals surface area contributed by atoms with E-state index in [1.165, 1.54) is 0 Å². The number of likely N-dealkylation sites (tertiary alicyclic amines) is 1. The SMILES string of the molecule is CN(C)C(=O)CC[C@H]1CCCN(C(=O)CCc2nncn2C)C1. The third kappa shape index (κ3) is 5.04. The van der Waals surface area contributed by atoms with Crippen molar-refractivity contribution in [2.24, 2.45) is 13.0 Å². The van der Waals surface area contributed by atoms with Crippen LogP contribution < -0.4 is 0 Å². The van der Waals surface area contributed by atoms with Crippen LogP contribution in [0.3, 0.4) is 0 Å². The van der Waals surface area contributed by atoms with Crippen LogP contribution in [0.5, 0.6) is 0 Å². The lowest BCUT2D eigenvalue weighted by Gasteiger charge is -2.33. The van der Waals surface area contributed by atoms with Crippen molar-refractivity contribution >= 4 is 11.8 Å². The van der Waals surface area contributed by atoms with Gasteiger partial charge in [-0.2, -0.15) is 0 Å². The predicted molar refractivity (Wildman–Crippen MR) is 86.6 cm³/mol. The van der Waals surface area contributed by atoms with Crippen molar-refractivity contribution < 1.29 is 9.59 Å². The molecule has 0 aliphatic carbocycles. The van der Waals surface area contributed by atoms with Crippen molar-refractivity contribution in [2.75, 3.05) is 27.2 Å². The summed E-state index contributed by atoms with van der Waals surface area (Å²) in [5, 5.41) is 7.84. The molecular weight excluding hydrogens is 294 g/mol. The Morgan fingerprint density at radius 1 is 1.35 bits per heavy atom. The van der Waals surface area contributed by atoms with Crippen LogP contribution in [0.2, 0.25) is 0 Å². The van der Waals surface area contributed by atoms with E-state index in [0.717, 1.165) is 38.2 Å². The standard InChI is InChI=1S/C16H27N5O2/c1-19(2)15(22)8-6-13-5-4-10-21(11-13)16(23)9-7-14-18-17-12-20(14)3/h12-13H,4-11H2,1-3H3/t13-/m1/s1. The number of hydrogen-bond donors (Lipinski definition) is 0. The summed E-state index contributed by atoms with van der Waals surface area (Å²) in [6, 6.07) is 0. The number of amides is 2. The van der Waals surface area contributed by atoms with Gasteiger partial charge in [0.05, 0.1) is 0 Å². The molecule has 0 N–H and O–H groups in total. The summed E-state index contributed by atoms with van der Waals surface area (Å²) in [6.45, 7) is 1.61. The Balaban J connectivity index is 1.77. The third-order valence-corrected chi connectivity index (χ3v) is 4.50. The second-order valence-electron chi connectivity index (χ2n) is 6.53. The Morgan fingerprint density at radius 2 is 2.13 bits per heavy atom. The molecule has 0 bridgehead atoms. The van der Waals surface area contributed by atoms with Crippen molar-refractivity contribution in [1.29, 1.82) is 0 Å². The van der Waals surface area contributed by atoms with Crippen LogP contribution in [0.25, 0.3) is 0 Å². The van der Waals surface area contributed by atoms with Gasteiger partial charge in [0.1, 0.15) is 12.2 Å². The smallest absolute Gasteiger partial charge is 0.223 e. The summed E-state index contributed by atoms with van der Waals surface area (Å²) >= 11 is 0. The van der Waals surface area contributed by atoms with Crippen LogP contribution in [-0.4, -0.2) is 63.6 Å². The van der Waals surface area contributed by atoms with E-state index >= 15 is 0 Å². The first-order valence-corrected chi connectivity index (χ1v) is 8.28. The van der Waals surface area contributed by atoms with Crippen LogP contribution in [0, 0.1) is 5.92 Å². The number of piperidine rings is 1. The lowest BCUT2D eigenvalue weighted by molar-refractivity contribution is -0.133. The van der Waals surface area contributed by atoms with Gasteiger partial charge in [0, 0.05) is 53.5 Å². The van der Waals surface area contributed by atoms with E-state index in [2.05, 4.69) is 10.2 Å². The van der Waals surface area contributed by atoms with Gasteiger partial charge in [-0.25, -0.2) is 0 Å². The summed E-state index contributed by atoms with van der Waals surface area (Å²) in [6.07, 6.45) is 6.30. The summed E-state index contributed by atoms with van der Waals surface area (Å²) in [4.78, 5) is 27.7. The molecule has 0 saturated carbocycles. The van der Waals surface area contributed by atoms with Gasteiger partial charge >= 0.3 is 0 Å². The number of nitrogens with zero attached hydrogens (tertiary/aromatic N) is 5. The average Bonchev–Trinajstić information content (AvgIpc) is 2.95. The largest absolute Gasteiger partial charge is 0.349 e. The lowest BCUT2D eigenvalue weighted by Crippen LogP contribution is -2.40. The van der Waals surface area contributed by atoms with Crippen molar-refractivity contribution in [3.05, 3.63) is 12.2 Å². The molecule has 1 aromatic heterocycles. The predicted octanol–water partition coefficient (Wildman–Crippen LogP) is 0.855. The van der Waals surface area contributed by atoms with Crippen LogP contribution >= 0.6 is 0 Å². The molecule has 1 aliphatic rings. The maximum absolute atomic E-state index is 12.4. The van der Waals surface area contributed by atoms with Gasteiger partial charge in [-0.3, -0.25) is 9.59 Å². The summed E-state index contributed by atoms with van der Waals surface area (Å²) in [7, 11) is 5.45. The van der Waals surface area contributed by atoms with E-state index in [4.69, 9.17) is 0 Å². The molecule has 7 heteroatoms. The second kappa shape index (κ2) is 8.08. The average molecular weight is 321 g/mol. The van der Waals surface area contributed by atoms with Crippen molar-refractivity contribution in [3.63, 3.8) is 0 Å². The van der Waals surface area contributed by atoms with Crippen molar-refractivity contribution in [2.45, 2.75) is 38.5 Å². The molecule has 128 valence electrons. The number of aryl methyl sites for hydroxylation is 2. The van der Waals surface area contributed by atoms with Gasteiger partial charge in [-0.05, 0) is 25.2 Å². The minimum Gasteiger partial charge on any atom is -0.349 e. The Labute approximate surface area is 137 Å². The van der Waals surface area contributed by atoms with E-state index in [-0.39, 0.29) is 11.8 Å². The zero-order valence-corrected chi connectivity index (χ0v) is 14.4. The Bertz CT molecular complexity index is 540. The van der Waals surface area contributed by atoms with Crippen LogP contribution in [-0.2, 0) is 23.1 Å². The molecular formula is C16H27N5O2. The molecule has 1 aromatic rings. The zero-order chi connectivity index (χ0) is 16.8. The Hall–Kier alpha value is -1.92. The van der Waals surface area contributed by atoms with Crippen molar-refractivity contribution in [1.82, 2.24) is 24.6 Å². The van der Waals surface area contributed by atoms with E-state index in [9.17, 15) is 9.59 Å². The molecule has 0 radical (unpaired) electrons. The molecule has 0 aromatic carbocycles. The highest BCUT2D eigenvalue weighted by Gasteiger charge is 2.24. The van der Waals surface area contributed by atoms with Crippen LogP contribution in [0.4, 0.5) is 0 Å². The molecule has 1 aliphatic heterocycles. The molecule has 2 heterocycles. The van der Waals surface area contributed by atoms with Gasteiger partial charge in [-0.15, -0.1) is 10.2 Å². The number of aromatic nitrogens is 3. The molecule has 7 nitrogen and oxygen atoms in total. The monoisotopic (exact) mass is 321 g/mol. The highest BCUT2D eigenvalue weighted by molar-refractivity contribution is 5.76. The highest BCUT2D eigenvalue weighted by atomic mass is 16.2. The topological polar surface area (TPSA) is 71.3 Å². The van der Waals surface area contributed by atoms with Gasteiger partial charge in [0.2, 0.25) is 11.8 Å². The minimum absolute atomic E-state index is 0.163. The van der Waals surface area contributed by atoms with Gasteiger partial charge in [-0.1, -0.05) is 0 Å². The van der Waals surface area contributed by atoms with E-state index < -0.39 is 0 Å². The molecule has 0 unspecified atom stereocenters. The third-order valence-electron chi connectivity index (χ3n) is 4.50. The van der Waals surface area contributed by atoms with E-state index in [1.54, 1.807) is 25.3 Å². The molecule has 1 atom stereocenters. The van der Waals surface area contributed by atoms with Crippen LogP contribution in [0.1, 0.15) is 37.9 Å². The van der Waals surface area contributed by atoms with Gasteiger partial charge in [0.15, 0.2) is 0 Å². The molecule has 2 amide bonds. The molecule has 1 saturated heterocycles. The lowest BCUT2D eigenvalue weighted by atomic mass is 9.93. The fourth-order valence-electron chi connectivity index (χ4n) is 2.99.